The highest BCUT2D eigenvalue weighted by Gasteiger charge is 2.19. The van der Waals surface area contributed by atoms with Gasteiger partial charge in [0.2, 0.25) is 0 Å². The number of fused-ring (bicyclic) bond motifs is 1. The zero-order valence-corrected chi connectivity index (χ0v) is 15.4. The van der Waals surface area contributed by atoms with E-state index in [1.807, 2.05) is 24.3 Å². The molecule has 0 fully saturated rings. The Balaban J connectivity index is 1.47. The van der Waals surface area contributed by atoms with E-state index in [9.17, 15) is 9.59 Å². The predicted molar refractivity (Wildman–Crippen MR) is 101 cm³/mol. The van der Waals surface area contributed by atoms with Gasteiger partial charge in [-0.1, -0.05) is 41.4 Å². The summed E-state index contributed by atoms with van der Waals surface area (Å²) >= 11 is 7.51. The van der Waals surface area contributed by atoms with Gasteiger partial charge >= 0.3 is 5.97 Å². The molecule has 0 radical (unpaired) electrons. The van der Waals surface area contributed by atoms with E-state index in [0.717, 1.165) is 29.3 Å². The summed E-state index contributed by atoms with van der Waals surface area (Å²) in [6.07, 6.45) is 7.87. The minimum Gasteiger partial charge on any atom is -0.451 e. The number of amides is 1. The van der Waals surface area contributed by atoms with Gasteiger partial charge in [-0.15, -0.1) is 11.3 Å². The molecule has 1 amide bonds. The highest BCUT2D eigenvalue weighted by Crippen LogP contribution is 2.35. The molecule has 4 nitrogen and oxygen atoms in total. The fourth-order valence-electron chi connectivity index (χ4n) is 2.89. The lowest BCUT2D eigenvalue weighted by Crippen LogP contribution is -2.29. The SMILES string of the molecule is O=C(COC(=O)c1sc2ccccc2c1Cl)NCCC1=CCCCC1. The number of hydrogen-bond acceptors (Lipinski definition) is 4. The van der Waals surface area contributed by atoms with Crippen LogP contribution in [0.25, 0.3) is 10.1 Å². The summed E-state index contributed by atoms with van der Waals surface area (Å²) in [5.74, 6) is -0.849. The van der Waals surface area contributed by atoms with Gasteiger partial charge in [-0.05, 0) is 38.2 Å². The van der Waals surface area contributed by atoms with Gasteiger partial charge in [0.25, 0.3) is 5.91 Å². The molecule has 1 N–H and O–H groups in total. The largest absolute Gasteiger partial charge is 0.451 e. The number of thiophene rings is 1. The molecule has 25 heavy (non-hydrogen) atoms. The van der Waals surface area contributed by atoms with Crippen LogP contribution in [0.2, 0.25) is 5.02 Å². The van der Waals surface area contributed by atoms with Crippen molar-refractivity contribution in [3.63, 3.8) is 0 Å². The monoisotopic (exact) mass is 377 g/mol. The van der Waals surface area contributed by atoms with Gasteiger partial charge in [0.1, 0.15) is 4.88 Å². The molecule has 0 saturated heterocycles. The summed E-state index contributed by atoms with van der Waals surface area (Å²) in [5, 5.41) is 4.00. The Labute approximate surface area is 155 Å². The number of rotatable bonds is 6. The van der Waals surface area contributed by atoms with Crippen molar-refractivity contribution < 1.29 is 14.3 Å². The average molecular weight is 378 g/mol. The van der Waals surface area contributed by atoms with E-state index >= 15 is 0 Å². The second-order valence-corrected chi connectivity index (χ2v) is 7.46. The highest BCUT2D eigenvalue weighted by atomic mass is 35.5. The summed E-state index contributed by atoms with van der Waals surface area (Å²) in [6, 6.07) is 7.51. The molecule has 1 aliphatic carbocycles. The maximum absolute atomic E-state index is 12.2. The molecule has 0 bridgehead atoms. The van der Waals surface area contributed by atoms with Crippen LogP contribution in [0, 0.1) is 0 Å². The number of benzene rings is 1. The zero-order chi connectivity index (χ0) is 17.6. The fourth-order valence-corrected chi connectivity index (χ4v) is 4.29. The summed E-state index contributed by atoms with van der Waals surface area (Å²) in [6.45, 7) is 0.286. The van der Waals surface area contributed by atoms with E-state index in [1.54, 1.807) is 0 Å². The summed E-state index contributed by atoms with van der Waals surface area (Å²) in [5.41, 5.74) is 1.40. The smallest absolute Gasteiger partial charge is 0.350 e. The van der Waals surface area contributed by atoms with E-state index in [1.165, 1.54) is 29.8 Å². The summed E-state index contributed by atoms with van der Waals surface area (Å²) in [7, 11) is 0. The maximum atomic E-state index is 12.2. The topological polar surface area (TPSA) is 55.4 Å². The van der Waals surface area contributed by atoms with E-state index in [-0.39, 0.29) is 12.5 Å². The van der Waals surface area contributed by atoms with Crippen molar-refractivity contribution >= 4 is 44.9 Å². The van der Waals surface area contributed by atoms with Crippen LogP contribution >= 0.6 is 22.9 Å². The Hall–Kier alpha value is -1.85. The van der Waals surface area contributed by atoms with E-state index in [2.05, 4.69) is 11.4 Å². The third kappa shape index (κ3) is 4.61. The quantitative estimate of drug-likeness (QED) is 0.585. The first-order chi connectivity index (χ1) is 12.1. The molecule has 3 rings (SSSR count). The van der Waals surface area contributed by atoms with Crippen molar-refractivity contribution in [2.24, 2.45) is 0 Å². The Morgan fingerprint density at radius 3 is 2.84 bits per heavy atom. The standard InChI is InChI=1S/C19H20ClNO3S/c20-17-14-8-4-5-9-15(14)25-18(17)19(23)24-12-16(22)21-11-10-13-6-2-1-3-7-13/h4-6,8-9H,1-3,7,10-12H2,(H,21,22). The fraction of sp³-hybridized carbons (Fsp3) is 0.368. The van der Waals surface area contributed by atoms with Crippen LogP contribution in [0.15, 0.2) is 35.9 Å². The highest BCUT2D eigenvalue weighted by molar-refractivity contribution is 7.21. The lowest BCUT2D eigenvalue weighted by molar-refractivity contribution is -0.124. The van der Waals surface area contributed by atoms with Crippen LogP contribution in [-0.4, -0.2) is 25.0 Å². The van der Waals surface area contributed by atoms with E-state index < -0.39 is 5.97 Å². The van der Waals surface area contributed by atoms with Crippen molar-refractivity contribution in [3.8, 4) is 0 Å². The average Bonchev–Trinajstić information content (AvgIpc) is 2.98. The van der Waals surface area contributed by atoms with Gasteiger partial charge in [0.15, 0.2) is 6.61 Å². The first kappa shape index (κ1) is 18.0. The normalized spacial score (nSPS) is 14.2. The van der Waals surface area contributed by atoms with Crippen molar-refractivity contribution in [2.45, 2.75) is 32.1 Å². The number of ether oxygens (including phenoxy) is 1. The maximum Gasteiger partial charge on any atom is 0.350 e. The molecule has 0 spiro atoms. The van der Waals surface area contributed by atoms with Crippen molar-refractivity contribution in [2.75, 3.05) is 13.2 Å². The van der Waals surface area contributed by atoms with Crippen LogP contribution in [0.3, 0.4) is 0 Å². The number of carbonyl (C=O) groups excluding carboxylic acids is 2. The van der Waals surface area contributed by atoms with Gasteiger partial charge in [-0.2, -0.15) is 0 Å². The van der Waals surface area contributed by atoms with Crippen LogP contribution in [0.4, 0.5) is 0 Å². The van der Waals surface area contributed by atoms with Crippen molar-refractivity contribution in [1.82, 2.24) is 5.32 Å². The van der Waals surface area contributed by atoms with Crippen molar-refractivity contribution in [3.05, 3.63) is 45.8 Å². The molecule has 6 heteroatoms. The van der Waals surface area contributed by atoms with Crippen LogP contribution in [0.1, 0.15) is 41.8 Å². The molecule has 0 atom stereocenters. The first-order valence-electron chi connectivity index (χ1n) is 8.44. The number of halogens is 1. The Bertz CT molecular complexity index is 812. The van der Waals surface area contributed by atoms with Gasteiger partial charge in [0.05, 0.1) is 5.02 Å². The Morgan fingerprint density at radius 2 is 2.08 bits per heavy atom. The van der Waals surface area contributed by atoms with Crippen LogP contribution in [-0.2, 0) is 9.53 Å². The molecular formula is C19H20ClNO3S. The molecular weight excluding hydrogens is 358 g/mol. The number of nitrogens with one attached hydrogen (secondary N) is 1. The second-order valence-electron chi connectivity index (χ2n) is 6.03. The molecule has 0 unspecified atom stereocenters. The van der Waals surface area contributed by atoms with Gasteiger partial charge in [0, 0.05) is 16.6 Å². The zero-order valence-electron chi connectivity index (χ0n) is 13.8. The molecule has 2 aromatic rings. The lowest BCUT2D eigenvalue weighted by atomic mass is 9.97. The van der Waals surface area contributed by atoms with E-state index in [0.29, 0.717) is 16.4 Å². The summed E-state index contributed by atoms with van der Waals surface area (Å²) < 4.78 is 6.02. The molecule has 0 saturated carbocycles. The number of allylic oxidation sites excluding steroid dienone is 1. The van der Waals surface area contributed by atoms with Gasteiger partial charge in [-0.3, -0.25) is 4.79 Å². The molecule has 1 aromatic carbocycles. The number of esters is 1. The molecule has 1 aliphatic rings. The van der Waals surface area contributed by atoms with Crippen LogP contribution < -0.4 is 5.32 Å². The van der Waals surface area contributed by atoms with Crippen LogP contribution in [0.5, 0.6) is 0 Å². The number of carbonyl (C=O) groups is 2. The number of hydrogen-bond donors (Lipinski definition) is 1. The minimum atomic E-state index is -0.559. The van der Waals surface area contributed by atoms with E-state index in [4.69, 9.17) is 16.3 Å². The Kier molecular flexibility index (Phi) is 6.10. The first-order valence-corrected chi connectivity index (χ1v) is 9.63. The second kappa shape index (κ2) is 8.50. The summed E-state index contributed by atoms with van der Waals surface area (Å²) in [4.78, 5) is 24.4. The molecule has 1 aromatic heterocycles. The molecule has 0 aliphatic heterocycles. The Morgan fingerprint density at radius 1 is 1.24 bits per heavy atom. The minimum absolute atomic E-state index is 0.289. The third-order valence-corrected chi connectivity index (χ3v) is 5.86. The lowest BCUT2D eigenvalue weighted by Gasteiger charge is -2.12. The predicted octanol–water partition coefficient (Wildman–Crippen LogP) is 4.72. The molecule has 1 heterocycles. The van der Waals surface area contributed by atoms with Crippen molar-refractivity contribution in [1.29, 1.82) is 0 Å². The third-order valence-electron chi connectivity index (χ3n) is 4.21. The molecule has 132 valence electrons. The van der Waals surface area contributed by atoms with Gasteiger partial charge < -0.3 is 10.1 Å². The van der Waals surface area contributed by atoms with Gasteiger partial charge in [-0.25, -0.2) is 4.79 Å².